The Labute approximate surface area is 139 Å². The van der Waals surface area contributed by atoms with E-state index in [9.17, 15) is 9.59 Å². The third-order valence-corrected chi connectivity index (χ3v) is 3.25. The molecule has 0 aliphatic carbocycles. The normalized spacial score (nSPS) is 10.4. The molecule has 0 bridgehead atoms. The molecule has 0 aliphatic rings. The minimum absolute atomic E-state index is 0.204. The molecule has 0 spiro atoms. The molecule has 0 radical (unpaired) electrons. The number of carbonyl (C=O) groups is 2. The first-order valence-corrected chi connectivity index (χ1v) is 7.15. The molecule has 6 nitrogen and oxygen atoms in total. The fraction of sp³-hybridized carbons (Fsp3) is 0.111. The monoisotopic (exact) mass is 326 g/mol. The Morgan fingerprint density at radius 3 is 2.38 bits per heavy atom. The fourth-order valence-corrected chi connectivity index (χ4v) is 2.11. The molecule has 124 valence electrons. The number of anilines is 1. The van der Waals surface area contributed by atoms with E-state index >= 15 is 0 Å². The molecule has 6 heteroatoms. The lowest BCUT2D eigenvalue weighted by Crippen LogP contribution is -2.14. The third-order valence-electron chi connectivity index (χ3n) is 3.25. The first kappa shape index (κ1) is 17.1. The lowest BCUT2D eigenvalue weighted by Gasteiger charge is -2.14. The molecule has 0 fully saturated rings. The highest BCUT2D eigenvalue weighted by Gasteiger charge is 2.16. The van der Waals surface area contributed by atoms with Gasteiger partial charge in [-0.1, -0.05) is 30.3 Å². The summed E-state index contributed by atoms with van der Waals surface area (Å²) in [4.78, 5) is 23.5. The number of primary amides is 1. The summed E-state index contributed by atoms with van der Waals surface area (Å²) in [7, 11) is 2.88. The largest absolute Gasteiger partial charge is 0.493 e. The van der Waals surface area contributed by atoms with E-state index in [-0.39, 0.29) is 11.5 Å². The Balaban J connectivity index is 2.27. The van der Waals surface area contributed by atoms with E-state index in [1.165, 1.54) is 32.4 Å². The second-order valence-corrected chi connectivity index (χ2v) is 4.86. The smallest absolute Gasteiger partial charge is 0.248 e. The number of nitrogens with one attached hydrogen (secondary N) is 1. The van der Waals surface area contributed by atoms with Crippen LogP contribution in [0.2, 0.25) is 0 Å². The minimum Gasteiger partial charge on any atom is -0.493 e. The molecule has 2 rings (SSSR count). The van der Waals surface area contributed by atoms with Crippen LogP contribution in [0.5, 0.6) is 11.5 Å². The van der Waals surface area contributed by atoms with Gasteiger partial charge in [0.1, 0.15) is 0 Å². The first-order chi connectivity index (χ1) is 11.5. The average molecular weight is 326 g/mol. The molecule has 0 unspecified atom stereocenters. The minimum atomic E-state index is -0.633. The number of carbonyl (C=O) groups excluding carboxylic acids is 2. The number of amides is 2. The Hall–Kier alpha value is -3.28. The van der Waals surface area contributed by atoms with Crippen LogP contribution in [0.25, 0.3) is 6.08 Å². The summed E-state index contributed by atoms with van der Waals surface area (Å²) in [6, 6.07) is 12.3. The van der Waals surface area contributed by atoms with Crippen LogP contribution in [0.1, 0.15) is 15.9 Å². The predicted molar refractivity (Wildman–Crippen MR) is 92.2 cm³/mol. The van der Waals surface area contributed by atoms with Crippen LogP contribution >= 0.6 is 0 Å². The van der Waals surface area contributed by atoms with Gasteiger partial charge in [0.2, 0.25) is 11.8 Å². The van der Waals surface area contributed by atoms with Crippen molar-refractivity contribution in [3.8, 4) is 11.5 Å². The van der Waals surface area contributed by atoms with Crippen molar-refractivity contribution in [2.45, 2.75) is 0 Å². The molecule has 24 heavy (non-hydrogen) atoms. The average Bonchev–Trinajstić information content (AvgIpc) is 2.60. The van der Waals surface area contributed by atoms with Gasteiger partial charge < -0.3 is 20.5 Å². The molecular formula is C18H18N2O4. The van der Waals surface area contributed by atoms with Crippen LogP contribution in [0.15, 0.2) is 48.5 Å². The second-order valence-electron chi connectivity index (χ2n) is 4.86. The molecular weight excluding hydrogens is 308 g/mol. The second kappa shape index (κ2) is 7.82. The summed E-state index contributed by atoms with van der Waals surface area (Å²) in [5.41, 5.74) is 6.70. The van der Waals surface area contributed by atoms with Gasteiger partial charge in [-0.3, -0.25) is 9.59 Å². The maximum Gasteiger partial charge on any atom is 0.248 e. The Kier molecular flexibility index (Phi) is 5.57. The summed E-state index contributed by atoms with van der Waals surface area (Å²) in [5, 5.41) is 2.66. The number of methoxy groups -OCH3 is 2. The topological polar surface area (TPSA) is 90.6 Å². The van der Waals surface area contributed by atoms with Crippen molar-refractivity contribution in [1.82, 2.24) is 0 Å². The van der Waals surface area contributed by atoms with Gasteiger partial charge in [0.15, 0.2) is 11.5 Å². The molecule has 3 N–H and O–H groups in total. The van der Waals surface area contributed by atoms with Crippen LogP contribution in [-0.2, 0) is 4.79 Å². The highest BCUT2D eigenvalue weighted by Crippen LogP contribution is 2.36. The van der Waals surface area contributed by atoms with Gasteiger partial charge in [-0.25, -0.2) is 0 Å². The molecule has 0 saturated carbocycles. The maximum absolute atomic E-state index is 12.1. The molecule has 0 aliphatic heterocycles. The number of benzene rings is 2. The number of ether oxygens (including phenoxy) is 2. The van der Waals surface area contributed by atoms with Crippen molar-refractivity contribution in [2.75, 3.05) is 19.5 Å². The van der Waals surface area contributed by atoms with Gasteiger partial charge in [-0.2, -0.15) is 0 Å². The van der Waals surface area contributed by atoms with E-state index in [0.717, 1.165) is 5.56 Å². The van der Waals surface area contributed by atoms with Crippen LogP contribution < -0.4 is 20.5 Å². The highest BCUT2D eigenvalue weighted by atomic mass is 16.5. The van der Waals surface area contributed by atoms with Gasteiger partial charge in [0, 0.05) is 11.6 Å². The lowest BCUT2D eigenvalue weighted by molar-refractivity contribution is -0.111. The quantitative estimate of drug-likeness (QED) is 0.798. The summed E-state index contributed by atoms with van der Waals surface area (Å²) in [6.07, 6.45) is 3.06. The van der Waals surface area contributed by atoms with Crippen molar-refractivity contribution >= 4 is 23.6 Å². The van der Waals surface area contributed by atoms with Gasteiger partial charge in [-0.05, 0) is 23.8 Å². The molecule has 0 aromatic heterocycles. The Morgan fingerprint density at radius 1 is 1.08 bits per heavy atom. The fourth-order valence-electron chi connectivity index (χ4n) is 2.11. The highest BCUT2D eigenvalue weighted by molar-refractivity contribution is 6.04. The first-order valence-electron chi connectivity index (χ1n) is 7.15. The van der Waals surface area contributed by atoms with Crippen LogP contribution in [0, 0.1) is 0 Å². The van der Waals surface area contributed by atoms with Crippen LogP contribution in [-0.4, -0.2) is 26.0 Å². The SMILES string of the molecule is COc1cc(C(N)=O)cc(NC(=O)C=Cc2ccccc2)c1OC. The molecule has 2 amide bonds. The summed E-state index contributed by atoms with van der Waals surface area (Å²) >= 11 is 0. The van der Waals surface area contributed by atoms with Gasteiger partial charge >= 0.3 is 0 Å². The Morgan fingerprint density at radius 2 is 1.79 bits per heavy atom. The molecule has 2 aromatic rings. The number of hydrogen-bond donors (Lipinski definition) is 2. The van der Waals surface area contributed by atoms with Crippen molar-refractivity contribution in [1.29, 1.82) is 0 Å². The van der Waals surface area contributed by atoms with Crippen molar-refractivity contribution < 1.29 is 19.1 Å². The zero-order valence-electron chi connectivity index (χ0n) is 13.4. The molecule has 0 saturated heterocycles. The molecule has 0 atom stereocenters. The van der Waals surface area contributed by atoms with E-state index in [0.29, 0.717) is 17.2 Å². The number of hydrogen-bond acceptors (Lipinski definition) is 4. The van der Waals surface area contributed by atoms with Gasteiger partial charge in [0.25, 0.3) is 0 Å². The lowest BCUT2D eigenvalue weighted by atomic mass is 10.1. The standard InChI is InChI=1S/C18H18N2O4/c1-23-15-11-13(18(19)22)10-14(17(15)24-2)20-16(21)9-8-12-6-4-3-5-7-12/h3-11H,1-2H3,(H2,19,22)(H,20,21). The molecule has 2 aromatic carbocycles. The van der Waals surface area contributed by atoms with Crippen molar-refractivity contribution in [2.24, 2.45) is 5.73 Å². The van der Waals surface area contributed by atoms with E-state index in [1.807, 2.05) is 30.3 Å². The summed E-state index contributed by atoms with van der Waals surface area (Å²) in [6.45, 7) is 0. The van der Waals surface area contributed by atoms with Crippen molar-refractivity contribution in [3.05, 3.63) is 59.7 Å². The van der Waals surface area contributed by atoms with E-state index in [2.05, 4.69) is 5.32 Å². The summed E-state index contributed by atoms with van der Waals surface area (Å²) in [5.74, 6) is -0.396. The van der Waals surface area contributed by atoms with Crippen LogP contribution in [0.4, 0.5) is 5.69 Å². The van der Waals surface area contributed by atoms with E-state index < -0.39 is 5.91 Å². The zero-order chi connectivity index (χ0) is 17.5. The third kappa shape index (κ3) is 4.13. The maximum atomic E-state index is 12.1. The summed E-state index contributed by atoms with van der Waals surface area (Å²) < 4.78 is 10.4. The van der Waals surface area contributed by atoms with Gasteiger partial charge in [0.05, 0.1) is 19.9 Å². The van der Waals surface area contributed by atoms with Crippen LogP contribution in [0.3, 0.4) is 0 Å². The van der Waals surface area contributed by atoms with Crippen molar-refractivity contribution in [3.63, 3.8) is 0 Å². The van der Waals surface area contributed by atoms with E-state index in [1.54, 1.807) is 6.08 Å². The predicted octanol–water partition coefficient (Wildman–Crippen LogP) is 2.45. The zero-order valence-corrected chi connectivity index (χ0v) is 13.4. The number of rotatable bonds is 6. The van der Waals surface area contributed by atoms with Gasteiger partial charge in [-0.15, -0.1) is 0 Å². The molecule has 0 heterocycles. The Bertz CT molecular complexity index is 770. The number of nitrogens with two attached hydrogens (primary N) is 1. The van der Waals surface area contributed by atoms with E-state index in [4.69, 9.17) is 15.2 Å².